The van der Waals surface area contributed by atoms with Gasteiger partial charge in [-0.25, -0.2) is 0 Å². The summed E-state index contributed by atoms with van der Waals surface area (Å²) in [5.41, 5.74) is 4.63. The molecule has 0 radical (unpaired) electrons. The number of hydrogen-bond acceptors (Lipinski definition) is 1. The number of halogens is 5. The van der Waals surface area contributed by atoms with E-state index in [-0.39, 0.29) is 0 Å². The van der Waals surface area contributed by atoms with E-state index in [4.69, 9.17) is 17.3 Å². The van der Waals surface area contributed by atoms with Crippen molar-refractivity contribution in [2.75, 3.05) is 0 Å². The second kappa shape index (κ2) is 3.29. The third-order valence-corrected chi connectivity index (χ3v) is 2.79. The first-order valence-corrected chi connectivity index (χ1v) is 4.52. The third kappa shape index (κ3) is 2.48. The monoisotopic (exact) mass is 275 g/mol. The normalized spacial score (nSPS) is 34.6. The van der Waals surface area contributed by atoms with Gasteiger partial charge < -0.3 is 5.73 Å². The molecular weight excluding hydrogens is 270 g/mol. The minimum Gasteiger partial charge on any atom is -0.322 e. The van der Waals surface area contributed by atoms with Gasteiger partial charge in [0.25, 0.3) is 0 Å². The summed E-state index contributed by atoms with van der Waals surface area (Å²) in [4.78, 5) is 0. The maximum Gasteiger partial charge on any atom is 0.416 e. The average Bonchev–Trinajstić information content (AvgIpc) is 1.92. The van der Waals surface area contributed by atoms with Crippen LogP contribution in [0.1, 0.15) is 0 Å². The van der Waals surface area contributed by atoms with Crippen molar-refractivity contribution in [2.24, 2.45) is 5.73 Å². The van der Waals surface area contributed by atoms with Crippen LogP contribution in [-0.2, 0) is 0 Å². The molecule has 6 heteroatoms. The van der Waals surface area contributed by atoms with Gasteiger partial charge in [-0.1, -0.05) is 45.8 Å². The summed E-state index contributed by atoms with van der Waals surface area (Å²) in [7, 11) is 0. The van der Waals surface area contributed by atoms with Crippen molar-refractivity contribution < 1.29 is 13.2 Å². The van der Waals surface area contributed by atoms with Gasteiger partial charge in [0.05, 0.1) is 11.6 Å². The SMILES string of the molecule is NC1C=C(C(F)(F)F)C=CC1(Cl)Br. The van der Waals surface area contributed by atoms with Crippen LogP contribution in [0.3, 0.4) is 0 Å². The van der Waals surface area contributed by atoms with Gasteiger partial charge in [-0.2, -0.15) is 13.2 Å². The molecule has 2 N–H and O–H groups in total. The first-order chi connectivity index (χ1) is 5.73. The van der Waals surface area contributed by atoms with Crippen molar-refractivity contribution in [2.45, 2.75) is 16.0 Å². The first kappa shape index (κ1) is 11.1. The quantitative estimate of drug-likeness (QED) is 0.676. The maximum absolute atomic E-state index is 12.1. The van der Waals surface area contributed by atoms with Crippen LogP contribution >= 0.6 is 27.5 Å². The number of alkyl halides is 5. The molecule has 1 aliphatic rings. The topological polar surface area (TPSA) is 26.0 Å². The number of allylic oxidation sites excluding steroid dienone is 2. The second-order valence-corrected chi connectivity index (χ2v) is 5.05. The minimum atomic E-state index is -4.37. The van der Waals surface area contributed by atoms with E-state index in [1.807, 2.05) is 0 Å². The van der Waals surface area contributed by atoms with Gasteiger partial charge >= 0.3 is 6.18 Å². The molecule has 0 fully saturated rings. The van der Waals surface area contributed by atoms with Crippen molar-refractivity contribution in [3.8, 4) is 0 Å². The summed E-state index contributed by atoms with van der Waals surface area (Å²) in [5, 5.41) is 0. The highest BCUT2D eigenvalue weighted by atomic mass is 79.9. The van der Waals surface area contributed by atoms with Crippen molar-refractivity contribution >= 4 is 27.5 Å². The number of nitrogens with two attached hydrogens (primary N) is 1. The molecule has 0 aromatic heterocycles. The third-order valence-electron chi connectivity index (χ3n) is 1.62. The summed E-state index contributed by atoms with van der Waals surface area (Å²) < 4.78 is 35.3. The molecule has 0 aromatic carbocycles. The first-order valence-electron chi connectivity index (χ1n) is 3.35. The van der Waals surface area contributed by atoms with E-state index in [2.05, 4.69) is 15.9 Å². The molecule has 0 spiro atoms. The van der Waals surface area contributed by atoms with Crippen molar-refractivity contribution in [3.63, 3.8) is 0 Å². The van der Waals surface area contributed by atoms with Gasteiger partial charge in [-0.05, 0) is 0 Å². The zero-order valence-corrected chi connectivity index (χ0v) is 8.62. The molecule has 1 nitrogen and oxygen atoms in total. The zero-order valence-electron chi connectivity index (χ0n) is 6.28. The van der Waals surface area contributed by atoms with Gasteiger partial charge in [0, 0.05) is 0 Å². The van der Waals surface area contributed by atoms with Crippen molar-refractivity contribution in [1.29, 1.82) is 0 Å². The van der Waals surface area contributed by atoms with Crippen LogP contribution in [0.25, 0.3) is 0 Å². The summed E-state index contributed by atoms with van der Waals surface area (Å²) in [6.45, 7) is 0. The fourth-order valence-corrected chi connectivity index (χ4v) is 1.25. The van der Waals surface area contributed by atoms with E-state index in [1.165, 1.54) is 6.08 Å². The lowest BCUT2D eigenvalue weighted by Gasteiger charge is -2.26. The summed E-state index contributed by atoms with van der Waals surface area (Å²) in [6, 6.07) is -0.893. The number of rotatable bonds is 0. The molecule has 13 heavy (non-hydrogen) atoms. The van der Waals surface area contributed by atoms with E-state index in [1.54, 1.807) is 0 Å². The van der Waals surface area contributed by atoms with Crippen LogP contribution in [0, 0.1) is 0 Å². The molecule has 0 aliphatic heterocycles. The molecular formula is C7H6BrClF3N. The number of hydrogen-bond donors (Lipinski definition) is 1. The summed E-state index contributed by atoms with van der Waals surface area (Å²) in [5.74, 6) is 0. The van der Waals surface area contributed by atoms with Gasteiger partial charge in [0.1, 0.15) is 3.78 Å². The predicted octanol–water partition coefficient (Wildman–Crippen LogP) is 2.70. The molecule has 1 rings (SSSR count). The van der Waals surface area contributed by atoms with Gasteiger partial charge in [-0.15, -0.1) is 0 Å². The van der Waals surface area contributed by atoms with Gasteiger partial charge in [0.2, 0.25) is 0 Å². The van der Waals surface area contributed by atoms with E-state index in [0.717, 1.165) is 12.2 Å². The highest BCUT2D eigenvalue weighted by molar-refractivity contribution is 9.10. The summed E-state index contributed by atoms with van der Waals surface area (Å²) >= 11 is 8.72. The lowest BCUT2D eigenvalue weighted by molar-refractivity contribution is -0.0887. The molecule has 0 saturated carbocycles. The largest absolute Gasteiger partial charge is 0.416 e. The van der Waals surface area contributed by atoms with Gasteiger partial charge in [-0.3, -0.25) is 0 Å². The van der Waals surface area contributed by atoms with Gasteiger partial charge in [0.15, 0.2) is 0 Å². The average molecular weight is 276 g/mol. The van der Waals surface area contributed by atoms with Crippen molar-refractivity contribution in [3.05, 3.63) is 23.8 Å². The van der Waals surface area contributed by atoms with E-state index in [9.17, 15) is 13.2 Å². The van der Waals surface area contributed by atoms with Crippen LogP contribution in [0.2, 0.25) is 0 Å². The van der Waals surface area contributed by atoms with Crippen LogP contribution in [-0.4, -0.2) is 16.0 Å². The van der Waals surface area contributed by atoms with Crippen LogP contribution in [0.4, 0.5) is 13.2 Å². The predicted molar refractivity (Wildman–Crippen MR) is 48.8 cm³/mol. The zero-order chi connectivity index (χ0) is 10.3. The molecule has 0 bridgehead atoms. The fraction of sp³-hybridized carbons (Fsp3) is 0.429. The van der Waals surface area contributed by atoms with Crippen LogP contribution < -0.4 is 5.73 Å². The van der Waals surface area contributed by atoms with Crippen molar-refractivity contribution in [1.82, 2.24) is 0 Å². The molecule has 0 heterocycles. The van der Waals surface area contributed by atoms with E-state index >= 15 is 0 Å². The lowest BCUT2D eigenvalue weighted by atomic mass is 10.0. The van der Waals surface area contributed by atoms with E-state index in [0.29, 0.717) is 0 Å². The molecule has 1 aliphatic carbocycles. The smallest absolute Gasteiger partial charge is 0.322 e. The Kier molecular flexibility index (Phi) is 2.81. The minimum absolute atomic E-state index is 0.768. The molecule has 2 atom stereocenters. The Bertz CT molecular complexity index is 269. The highest BCUT2D eigenvalue weighted by Crippen LogP contribution is 2.37. The maximum atomic E-state index is 12.1. The Balaban J connectivity index is 2.93. The molecule has 0 amide bonds. The Hall–Kier alpha value is -0.0000000000000000555. The Morgan fingerprint density at radius 2 is 2.08 bits per heavy atom. The Labute approximate surface area is 86.6 Å². The molecule has 0 saturated heterocycles. The molecule has 2 unspecified atom stereocenters. The van der Waals surface area contributed by atoms with Crippen LogP contribution in [0.5, 0.6) is 0 Å². The van der Waals surface area contributed by atoms with Crippen LogP contribution in [0.15, 0.2) is 23.8 Å². The summed E-state index contributed by atoms with van der Waals surface area (Å²) in [6.07, 6.45) is -1.39. The molecule has 74 valence electrons. The molecule has 0 aromatic rings. The van der Waals surface area contributed by atoms with E-state index < -0.39 is 21.6 Å². The highest BCUT2D eigenvalue weighted by Gasteiger charge is 2.38. The standard InChI is InChI=1S/C7H6BrClF3N/c8-6(9)2-1-4(3-5(6)13)7(10,11)12/h1-3,5H,13H2. The Morgan fingerprint density at radius 1 is 1.54 bits per heavy atom. The second-order valence-electron chi connectivity index (χ2n) is 2.65. The fourth-order valence-electron chi connectivity index (χ4n) is 0.861. The lowest BCUT2D eigenvalue weighted by Crippen LogP contribution is -2.38. The Morgan fingerprint density at radius 3 is 2.46 bits per heavy atom.